The third kappa shape index (κ3) is 4.68. The molecule has 0 bridgehead atoms. The molecule has 2 aromatic rings. The van der Waals surface area contributed by atoms with E-state index < -0.39 is 0 Å². The Morgan fingerprint density at radius 2 is 1.74 bits per heavy atom. The van der Waals surface area contributed by atoms with E-state index in [1.165, 1.54) is 20.6 Å². The molecule has 2 saturated carbocycles. The van der Waals surface area contributed by atoms with Crippen molar-refractivity contribution in [2.45, 2.75) is 56.9 Å². The highest BCUT2D eigenvalue weighted by Crippen LogP contribution is 2.37. The number of rotatable bonds is 7. The monoisotopic (exact) mass is 426 g/mol. The molecule has 2 aliphatic rings. The van der Waals surface area contributed by atoms with Crippen LogP contribution in [0.4, 0.5) is 5.82 Å². The van der Waals surface area contributed by atoms with Crippen LogP contribution >= 0.6 is 0 Å². The van der Waals surface area contributed by atoms with Gasteiger partial charge in [0, 0.05) is 23.9 Å². The van der Waals surface area contributed by atoms with Crippen LogP contribution in [0.2, 0.25) is 0 Å². The highest BCUT2D eigenvalue weighted by molar-refractivity contribution is 6.00. The van der Waals surface area contributed by atoms with Crippen molar-refractivity contribution in [2.24, 2.45) is 5.92 Å². The summed E-state index contributed by atoms with van der Waals surface area (Å²) in [6, 6.07) is 7.24. The quantitative estimate of drug-likeness (QED) is 0.627. The first kappa shape index (κ1) is 21.2. The van der Waals surface area contributed by atoms with Crippen molar-refractivity contribution in [2.75, 3.05) is 19.5 Å². The van der Waals surface area contributed by atoms with E-state index in [2.05, 4.69) is 20.8 Å². The third-order valence-corrected chi connectivity index (χ3v) is 6.38. The van der Waals surface area contributed by atoms with Crippen molar-refractivity contribution in [1.29, 1.82) is 0 Å². The maximum atomic E-state index is 12.8. The Bertz CT molecular complexity index is 907. The molecule has 2 aliphatic carbocycles. The van der Waals surface area contributed by atoms with Gasteiger partial charge in [-0.3, -0.25) is 14.7 Å². The number of amides is 2. The summed E-state index contributed by atoms with van der Waals surface area (Å²) in [6.07, 6.45) is 7.00. The van der Waals surface area contributed by atoms with Gasteiger partial charge in [0.15, 0.2) is 0 Å². The molecule has 31 heavy (non-hydrogen) atoms. The molecule has 0 aliphatic heterocycles. The summed E-state index contributed by atoms with van der Waals surface area (Å²) in [4.78, 5) is 25.2. The molecule has 2 amide bonds. The van der Waals surface area contributed by atoms with Gasteiger partial charge in [0.1, 0.15) is 22.9 Å². The number of aromatic nitrogens is 2. The summed E-state index contributed by atoms with van der Waals surface area (Å²) in [7, 11) is 3.07. The van der Waals surface area contributed by atoms with Crippen LogP contribution < -0.4 is 20.1 Å². The molecule has 3 N–H and O–H groups in total. The van der Waals surface area contributed by atoms with Gasteiger partial charge in [0.05, 0.1) is 19.9 Å². The number of benzene rings is 1. The first-order valence-corrected chi connectivity index (χ1v) is 11.0. The largest absolute Gasteiger partial charge is 0.496 e. The molecule has 4 rings (SSSR count). The maximum Gasteiger partial charge on any atom is 0.259 e. The number of aromatic amines is 1. The van der Waals surface area contributed by atoms with E-state index in [-0.39, 0.29) is 29.7 Å². The van der Waals surface area contributed by atoms with Crippen molar-refractivity contribution in [3.63, 3.8) is 0 Å². The van der Waals surface area contributed by atoms with E-state index in [0.717, 1.165) is 44.2 Å². The molecule has 0 atom stereocenters. The minimum Gasteiger partial charge on any atom is -0.496 e. The number of anilines is 1. The number of hydrogen-bond acceptors (Lipinski definition) is 5. The normalized spacial score (nSPS) is 21.1. The molecular weight excluding hydrogens is 396 g/mol. The lowest BCUT2D eigenvalue weighted by atomic mass is 9.78. The lowest BCUT2D eigenvalue weighted by Crippen LogP contribution is -2.43. The summed E-state index contributed by atoms with van der Waals surface area (Å²) in [5.41, 5.74) is 1.32. The van der Waals surface area contributed by atoms with Crippen molar-refractivity contribution < 1.29 is 19.1 Å². The second-order valence-electron chi connectivity index (χ2n) is 8.41. The molecule has 1 aromatic carbocycles. The minimum atomic E-state index is -0.208. The Morgan fingerprint density at radius 1 is 1.06 bits per heavy atom. The van der Waals surface area contributed by atoms with Crippen LogP contribution in [-0.2, 0) is 4.79 Å². The van der Waals surface area contributed by atoms with Gasteiger partial charge < -0.3 is 20.1 Å². The van der Waals surface area contributed by atoms with Gasteiger partial charge in [-0.15, -0.1) is 0 Å². The zero-order valence-corrected chi connectivity index (χ0v) is 18.1. The zero-order valence-electron chi connectivity index (χ0n) is 18.1. The summed E-state index contributed by atoms with van der Waals surface area (Å²) in [5, 5.41) is 13.3. The predicted octanol–water partition coefficient (Wildman–Crippen LogP) is 3.62. The molecule has 1 aromatic heterocycles. The molecule has 0 radical (unpaired) electrons. The standard InChI is InChI=1S/C23H30N4O4/c1-30-18-9-6-10-19(31-2)21(18)23(29)24-16-11-15(12-16)17-13-20(27-26-17)25-22(28)14-7-4-3-5-8-14/h6,9-10,13-16H,3-5,7-8,11-12H2,1-2H3,(H,24,29)(H2,25,26,27,28)/t15-,16+. The first-order chi connectivity index (χ1) is 15.1. The Hall–Kier alpha value is -3.03. The molecule has 1 heterocycles. The van der Waals surface area contributed by atoms with E-state index in [1.807, 2.05) is 6.07 Å². The Balaban J connectivity index is 1.30. The van der Waals surface area contributed by atoms with Crippen molar-refractivity contribution >= 4 is 17.6 Å². The Morgan fingerprint density at radius 3 is 2.39 bits per heavy atom. The zero-order chi connectivity index (χ0) is 21.8. The van der Waals surface area contributed by atoms with Gasteiger partial charge in [-0.25, -0.2) is 0 Å². The van der Waals surface area contributed by atoms with E-state index in [4.69, 9.17) is 9.47 Å². The first-order valence-electron chi connectivity index (χ1n) is 11.0. The van der Waals surface area contributed by atoms with Crippen LogP contribution in [0.25, 0.3) is 0 Å². The lowest BCUT2D eigenvalue weighted by Gasteiger charge is -2.34. The number of nitrogens with zero attached hydrogens (tertiary/aromatic N) is 1. The molecule has 0 unspecified atom stereocenters. The Labute approximate surface area is 182 Å². The van der Waals surface area contributed by atoms with E-state index in [0.29, 0.717) is 22.9 Å². The number of carbonyl (C=O) groups excluding carboxylic acids is 2. The Kier molecular flexibility index (Phi) is 6.44. The molecular formula is C23H30N4O4. The fourth-order valence-corrected chi connectivity index (χ4v) is 4.52. The van der Waals surface area contributed by atoms with Gasteiger partial charge in [0.2, 0.25) is 5.91 Å². The van der Waals surface area contributed by atoms with Crippen LogP contribution in [0.1, 0.15) is 66.9 Å². The maximum absolute atomic E-state index is 12.8. The van der Waals surface area contributed by atoms with Crippen molar-refractivity contribution in [3.05, 3.63) is 35.5 Å². The minimum absolute atomic E-state index is 0.0594. The second-order valence-corrected chi connectivity index (χ2v) is 8.41. The van der Waals surface area contributed by atoms with Gasteiger partial charge in [-0.05, 0) is 37.8 Å². The number of nitrogens with one attached hydrogen (secondary N) is 3. The van der Waals surface area contributed by atoms with Crippen LogP contribution in [0.5, 0.6) is 11.5 Å². The van der Waals surface area contributed by atoms with E-state index in [9.17, 15) is 9.59 Å². The number of hydrogen-bond donors (Lipinski definition) is 3. The lowest BCUT2D eigenvalue weighted by molar-refractivity contribution is -0.120. The molecule has 8 heteroatoms. The predicted molar refractivity (Wildman–Crippen MR) is 117 cm³/mol. The SMILES string of the molecule is COc1cccc(OC)c1C(=O)N[C@H]1C[C@@H](c2cc(NC(=O)C3CCCCC3)[nH]n2)C1. The topological polar surface area (TPSA) is 105 Å². The smallest absolute Gasteiger partial charge is 0.259 e. The van der Waals surface area contributed by atoms with E-state index >= 15 is 0 Å². The molecule has 166 valence electrons. The highest BCUT2D eigenvalue weighted by atomic mass is 16.5. The summed E-state index contributed by atoms with van der Waals surface area (Å²) < 4.78 is 10.6. The summed E-state index contributed by atoms with van der Waals surface area (Å²) >= 11 is 0. The molecule has 0 spiro atoms. The average molecular weight is 427 g/mol. The number of carbonyl (C=O) groups is 2. The number of H-pyrrole nitrogens is 1. The molecule has 0 saturated heterocycles. The van der Waals surface area contributed by atoms with Crippen molar-refractivity contribution in [1.82, 2.24) is 15.5 Å². The number of methoxy groups -OCH3 is 2. The van der Waals surface area contributed by atoms with Gasteiger partial charge in [-0.2, -0.15) is 5.10 Å². The van der Waals surface area contributed by atoms with Crippen LogP contribution in [0.15, 0.2) is 24.3 Å². The highest BCUT2D eigenvalue weighted by Gasteiger charge is 2.34. The second kappa shape index (κ2) is 9.41. The van der Waals surface area contributed by atoms with E-state index in [1.54, 1.807) is 18.2 Å². The summed E-state index contributed by atoms with van der Waals surface area (Å²) in [6.45, 7) is 0. The van der Waals surface area contributed by atoms with Gasteiger partial charge >= 0.3 is 0 Å². The van der Waals surface area contributed by atoms with Crippen LogP contribution in [-0.4, -0.2) is 42.3 Å². The van der Waals surface area contributed by atoms with Crippen LogP contribution in [0.3, 0.4) is 0 Å². The third-order valence-electron chi connectivity index (χ3n) is 6.38. The average Bonchev–Trinajstić information content (AvgIpc) is 3.23. The van der Waals surface area contributed by atoms with Gasteiger partial charge in [0.25, 0.3) is 5.91 Å². The fourth-order valence-electron chi connectivity index (χ4n) is 4.52. The molecule has 8 nitrogen and oxygen atoms in total. The van der Waals surface area contributed by atoms with Crippen LogP contribution in [0, 0.1) is 5.92 Å². The number of ether oxygens (including phenoxy) is 2. The fraction of sp³-hybridized carbons (Fsp3) is 0.522. The molecule has 2 fully saturated rings. The summed E-state index contributed by atoms with van der Waals surface area (Å²) in [5.74, 6) is 1.85. The van der Waals surface area contributed by atoms with Gasteiger partial charge in [-0.1, -0.05) is 25.3 Å². The van der Waals surface area contributed by atoms with Crippen molar-refractivity contribution in [3.8, 4) is 11.5 Å².